The molecule has 0 aromatic heterocycles. The van der Waals surface area contributed by atoms with Gasteiger partial charge in [-0.2, -0.15) is 0 Å². The average molecular weight is 142 g/mol. The molecule has 0 spiro atoms. The smallest absolute Gasteiger partial charge is 0.211 e. The highest BCUT2D eigenvalue weighted by molar-refractivity contribution is 5.49. The van der Waals surface area contributed by atoms with Crippen molar-refractivity contribution >= 4 is 6.41 Å². The number of nitrogens with two attached hydrogens (primary N) is 1. The van der Waals surface area contributed by atoms with E-state index in [1.54, 1.807) is 4.90 Å². The second-order valence-electron chi connectivity index (χ2n) is 3.21. The van der Waals surface area contributed by atoms with E-state index in [1.165, 1.54) is 0 Å². The Hall–Kier alpha value is -0.570. The molecular formula is C7H14N2O. The van der Waals surface area contributed by atoms with E-state index in [0.717, 1.165) is 19.4 Å². The number of rotatable bonds is 1. The molecule has 1 heterocycles. The van der Waals surface area contributed by atoms with Crippen molar-refractivity contribution in [1.82, 2.24) is 4.90 Å². The zero-order valence-electron chi connectivity index (χ0n) is 6.50. The molecule has 0 saturated carbocycles. The summed E-state index contributed by atoms with van der Waals surface area (Å²) in [6.45, 7) is 4.78. The lowest BCUT2D eigenvalue weighted by Gasteiger charge is -2.31. The molecule has 0 aromatic carbocycles. The quantitative estimate of drug-likeness (QED) is 0.530. The number of hydrogen-bond donors (Lipinski definition) is 1. The van der Waals surface area contributed by atoms with E-state index in [1.807, 2.05) is 6.92 Å². The zero-order valence-corrected chi connectivity index (χ0v) is 6.50. The lowest BCUT2D eigenvalue weighted by Crippen LogP contribution is -2.51. The van der Waals surface area contributed by atoms with E-state index in [0.29, 0.717) is 5.92 Å². The van der Waals surface area contributed by atoms with Gasteiger partial charge in [-0.05, 0) is 19.3 Å². The maximum absolute atomic E-state index is 10.4. The first kappa shape index (κ1) is 7.54. The molecule has 0 unspecified atom stereocenters. The van der Waals surface area contributed by atoms with Gasteiger partial charge in [0.1, 0.15) is 0 Å². The van der Waals surface area contributed by atoms with Gasteiger partial charge in [0, 0.05) is 6.54 Å². The summed E-state index contributed by atoms with van der Waals surface area (Å²) in [6, 6.07) is 0. The third-order valence-electron chi connectivity index (χ3n) is 2.55. The van der Waals surface area contributed by atoms with Gasteiger partial charge in [0.05, 0.1) is 5.66 Å². The fourth-order valence-corrected chi connectivity index (χ4v) is 1.32. The minimum Gasteiger partial charge on any atom is -0.327 e. The monoisotopic (exact) mass is 142 g/mol. The van der Waals surface area contributed by atoms with Gasteiger partial charge >= 0.3 is 0 Å². The Kier molecular flexibility index (Phi) is 1.68. The molecule has 1 aliphatic heterocycles. The molecular weight excluding hydrogens is 128 g/mol. The number of hydrogen-bond acceptors (Lipinski definition) is 2. The summed E-state index contributed by atoms with van der Waals surface area (Å²) in [6.07, 6.45) is 1.86. The number of likely N-dealkylation sites (tertiary alicyclic amines) is 1. The van der Waals surface area contributed by atoms with Crippen molar-refractivity contribution in [3.8, 4) is 0 Å². The van der Waals surface area contributed by atoms with Crippen LogP contribution in [-0.4, -0.2) is 23.5 Å². The number of nitrogens with zero attached hydrogens (tertiary/aromatic N) is 1. The van der Waals surface area contributed by atoms with Crippen molar-refractivity contribution in [2.24, 2.45) is 11.7 Å². The maximum Gasteiger partial charge on any atom is 0.211 e. The molecule has 1 saturated heterocycles. The summed E-state index contributed by atoms with van der Waals surface area (Å²) >= 11 is 0. The largest absolute Gasteiger partial charge is 0.327 e. The van der Waals surface area contributed by atoms with Crippen LogP contribution in [0.25, 0.3) is 0 Å². The topological polar surface area (TPSA) is 46.3 Å². The Morgan fingerprint density at radius 2 is 2.40 bits per heavy atom. The van der Waals surface area contributed by atoms with Crippen LogP contribution in [0.5, 0.6) is 0 Å². The summed E-state index contributed by atoms with van der Waals surface area (Å²) in [5.41, 5.74) is 5.46. The van der Waals surface area contributed by atoms with E-state index >= 15 is 0 Å². The highest BCUT2D eigenvalue weighted by Gasteiger charge is 2.37. The Morgan fingerprint density at radius 1 is 1.80 bits per heavy atom. The molecule has 0 radical (unpaired) electrons. The molecule has 3 heteroatoms. The Morgan fingerprint density at radius 3 is 2.60 bits per heavy atom. The third kappa shape index (κ3) is 0.904. The predicted molar refractivity (Wildman–Crippen MR) is 39.1 cm³/mol. The number of amides is 1. The Labute approximate surface area is 61.2 Å². The van der Waals surface area contributed by atoms with Gasteiger partial charge in [-0.1, -0.05) is 6.92 Å². The third-order valence-corrected chi connectivity index (χ3v) is 2.55. The second-order valence-corrected chi connectivity index (χ2v) is 3.21. The minimum atomic E-state index is -0.415. The summed E-state index contributed by atoms with van der Waals surface area (Å²) in [5.74, 6) is 0.415. The minimum absolute atomic E-state index is 0.415. The van der Waals surface area contributed by atoms with Gasteiger partial charge in [0.2, 0.25) is 6.41 Å². The second kappa shape index (κ2) is 2.23. The molecule has 2 atom stereocenters. The molecule has 0 bridgehead atoms. The molecule has 10 heavy (non-hydrogen) atoms. The predicted octanol–water partition coefficient (Wildman–Crippen LogP) is 0.160. The van der Waals surface area contributed by atoms with Crippen LogP contribution in [-0.2, 0) is 4.79 Å². The highest BCUT2D eigenvalue weighted by Crippen LogP contribution is 2.27. The molecule has 1 fully saturated rings. The van der Waals surface area contributed by atoms with Gasteiger partial charge in [0.25, 0.3) is 0 Å². The zero-order chi connectivity index (χ0) is 7.78. The standard InChI is InChI=1S/C7H14N2O/c1-6-3-4-9(5-10)7(6,2)8/h5-6H,3-4,8H2,1-2H3/t6-,7+/m1/s1. The summed E-state index contributed by atoms with van der Waals surface area (Å²) in [7, 11) is 0. The Bertz CT molecular complexity index is 145. The van der Waals surface area contributed by atoms with Gasteiger partial charge < -0.3 is 10.6 Å². The van der Waals surface area contributed by atoms with Crippen LogP contribution >= 0.6 is 0 Å². The van der Waals surface area contributed by atoms with Gasteiger partial charge in [-0.3, -0.25) is 4.79 Å². The van der Waals surface area contributed by atoms with Crippen LogP contribution < -0.4 is 5.73 Å². The van der Waals surface area contributed by atoms with E-state index in [4.69, 9.17) is 5.73 Å². The highest BCUT2D eigenvalue weighted by atomic mass is 16.1. The van der Waals surface area contributed by atoms with Crippen molar-refractivity contribution in [3.63, 3.8) is 0 Å². The van der Waals surface area contributed by atoms with Crippen LogP contribution in [0.15, 0.2) is 0 Å². The first-order valence-corrected chi connectivity index (χ1v) is 3.60. The molecule has 1 aliphatic rings. The van der Waals surface area contributed by atoms with Gasteiger partial charge in [-0.15, -0.1) is 0 Å². The molecule has 1 amide bonds. The number of carbonyl (C=O) groups excluding carboxylic acids is 1. The normalized spacial score (nSPS) is 40.3. The van der Waals surface area contributed by atoms with Crippen molar-refractivity contribution in [1.29, 1.82) is 0 Å². The van der Waals surface area contributed by atoms with Crippen LogP contribution in [0, 0.1) is 5.92 Å². The maximum atomic E-state index is 10.4. The van der Waals surface area contributed by atoms with Gasteiger partial charge in [-0.25, -0.2) is 0 Å². The summed E-state index contributed by atoms with van der Waals surface area (Å²) < 4.78 is 0. The summed E-state index contributed by atoms with van der Waals surface area (Å²) in [5, 5.41) is 0. The molecule has 58 valence electrons. The molecule has 3 nitrogen and oxygen atoms in total. The van der Waals surface area contributed by atoms with E-state index < -0.39 is 5.66 Å². The van der Waals surface area contributed by atoms with E-state index in [9.17, 15) is 4.79 Å². The van der Waals surface area contributed by atoms with E-state index in [2.05, 4.69) is 6.92 Å². The van der Waals surface area contributed by atoms with Crippen LogP contribution in [0.3, 0.4) is 0 Å². The fourth-order valence-electron chi connectivity index (χ4n) is 1.32. The lowest BCUT2D eigenvalue weighted by molar-refractivity contribution is -0.121. The van der Waals surface area contributed by atoms with Crippen molar-refractivity contribution in [2.45, 2.75) is 25.9 Å². The number of carbonyl (C=O) groups is 1. The van der Waals surface area contributed by atoms with Crippen LogP contribution in [0.4, 0.5) is 0 Å². The first-order valence-electron chi connectivity index (χ1n) is 3.60. The SMILES string of the molecule is C[C@@H]1CCN(C=O)[C@]1(C)N. The van der Waals surface area contributed by atoms with Gasteiger partial charge in [0.15, 0.2) is 0 Å². The fraction of sp³-hybridized carbons (Fsp3) is 0.857. The van der Waals surface area contributed by atoms with Crippen molar-refractivity contribution in [2.75, 3.05) is 6.54 Å². The van der Waals surface area contributed by atoms with E-state index in [-0.39, 0.29) is 0 Å². The first-order chi connectivity index (χ1) is 4.59. The van der Waals surface area contributed by atoms with Crippen LogP contribution in [0.2, 0.25) is 0 Å². The average Bonchev–Trinajstić information content (AvgIpc) is 2.10. The van der Waals surface area contributed by atoms with Crippen molar-refractivity contribution in [3.05, 3.63) is 0 Å². The van der Waals surface area contributed by atoms with Crippen molar-refractivity contribution < 1.29 is 4.79 Å². The molecule has 1 rings (SSSR count). The molecule has 0 aromatic rings. The Balaban J connectivity index is 2.73. The lowest BCUT2D eigenvalue weighted by atomic mass is 9.99. The molecule has 2 N–H and O–H groups in total. The summed E-state index contributed by atoms with van der Waals surface area (Å²) in [4.78, 5) is 12.1. The van der Waals surface area contributed by atoms with Crippen LogP contribution in [0.1, 0.15) is 20.3 Å². The molecule has 0 aliphatic carbocycles.